The third-order valence-electron chi connectivity index (χ3n) is 4.80. The van der Waals surface area contributed by atoms with Crippen LogP contribution in [0.1, 0.15) is 37.1 Å². The molecule has 2 atom stereocenters. The van der Waals surface area contributed by atoms with E-state index in [1.807, 2.05) is 0 Å². The zero-order valence-electron chi connectivity index (χ0n) is 10.9. The van der Waals surface area contributed by atoms with Crippen LogP contribution in [0, 0.1) is 5.92 Å². The first kappa shape index (κ1) is 10.6. The minimum Gasteiger partial charge on any atom is -0.357 e. The molecule has 2 heteroatoms. The smallest absolute Gasteiger partial charge is 0.0504 e. The minimum absolute atomic E-state index is 0.643. The lowest BCUT2D eigenvalue weighted by atomic mass is 9.86. The topological polar surface area (TPSA) is 19.0 Å². The largest absolute Gasteiger partial charge is 0.357 e. The van der Waals surface area contributed by atoms with Crippen LogP contribution in [0.5, 0.6) is 0 Å². The van der Waals surface area contributed by atoms with Crippen molar-refractivity contribution < 1.29 is 0 Å². The summed E-state index contributed by atoms with van der Waals surface area (Å²) in [6.07, 6.45) is 3.90. The van der Waals surface area contributed by atoms with E-state index in [2.05, 4.69) is 41.1 Å². The van der Waals surface area contributed by atoms with Gasteiger partial charge in [-0.25, -0.2) is 0 Å². The molecule has 1 aromatic heterocycles. The van der Waals surface area contributed by atoms with Gasteiger partial charge in [-0.3, -0.25) is 4.90 Å². The Kier molecular flexibility index (Phi) is 2.28. The molecule has 0 bridgehead atoms. The van der Waals surface area contributed by atoms with E-state index in [-0.39, 0.29) is 0 Å². The Morgan fingerprint density at radius 3 is 3.06 bits per heavy atom. The van der Waals surface area contributed by atoms with Gasteiger partial charge in [0.2, 0.25) is 0 Å². The number of para-hydroxylation sites is 1. The number of nitrogens with one attached hydrogen (secondary N) is 1. The Balaban J connectivity index is 1.86. The molecule has 94 valence electrons. The molecule has 4 rings (SSSR count). The lowest BCUT2D eigenvalue weighted by Crippen LogP contribution is -2.40. The molecule has 1 fully saturated rings. The van der Waals surface area contributed by atoms with Crippen molar-refractivity contribution >= 4 is 10.9 Å². The second kappa shape index (κ2) is 3.86. The van der Waals surface area contributed by atoms with E-state index >= 15 is 0 Å². The van der Waals surface area contributed by atoms with Crippen molar-refractivity contribution in [1.82, 2.24) is 9.88 Å². The average Bonchev–Trinajstić information content (AvgIpc) is 2.78. The Morgan fingerprint density at radius 2 is 2.11 bits per heavy atom. The third kappa shape index (κ3) is 1.45. The Morgan fingerprint density at radius 1 is 1.22 bits per heavy atom. The predicted octanol–water partition coefficient (Wildman–Crippen LogP) is 3.50. The predicted molar refractivity (Wildman–Crippen MR) is 74.7 cm³/mol. The molecule has 2 aliphatic rings. The number of aromatic amines is 1. The molecular weight excluding hydrogens is 220 g/mol. The van der Waals surface area contributed by atoms with Crippen LogP contribution in [0.15, 0.2) is 24.3 Å². The lowest BCUT2D eigenvalue weighted by molar-refractivity contribution is 0.107. The SMILES string of the molecule is C[C@H]1CCN2CCc3c([nH]c4ccccc34)[C@@H]2C1. The molecule has 0 spiro atoms. The monoisotopic (exact) mass is 240 g/mol. The van der Waals surface area contributed by atoms with E-state index in [4.69, 9.17) is 0 Å². The zero-order chi connectivity index (χ0) is 12.1. The molecule has 0 radical (unpaired) electrons. The van der Waals surface area contributed by atoms with Crippen LogP contribution in [0.4, 0.5) is 0 Å². The molecule has 0 amide bonds. The summed E-state index contributed by atoms with van der Waals surface area (Å²) in [6, 6.07) is 9.42. The molecule has 0 unspecified atom stereocenters. The molecule has 2 nitrogen and oxygen atoms in total. The van der Waals surface area contributed by atoms with Gasteiger partial charge in [0.25, 0.3) is 0 Å². The Hall–Kier alpha value is -1.28. The van der Waals surface area contributed by atoms with Crippen LogP contribution in [0.2, 0.25) is 0 Å². The van der Waals surface area contributed by atoms with E-state index in [0.717, 1.165) is 5.92 Å². The van der Waals surface area contributed by atoms with Crippen molar-refractivity contribution in [1.29, 1.82) is 0 Å². The molecule has 18 heavy (non-hydrogen) atoms. The number of piperidine rings is 1. The van der Waals surface area contributed by atoms with Gasteiger partial charge in [0.05, 0.1) is 6.04 Å². The molecule has 0 saturated carbocycles. The maximum atomic E-state index is 3.69. The Labute approximate surface area is 108 Å². The fourth-order valence-corrected chi connectivity index (χ4v) is 3.79. The van der Waals surface area contributed by atoms with E-state index in [9.17, 15) is 0 Å². The molecular formula is C16H20N2. The van der Waals surface area contributed by atoms with Gasteiger partial charge in [-0.15, -0.1) is 0 Å². The van der Waals surface area contributed by atoms with Crippen molar-refractivity contribution in [3.05, 3.63) is 35.5 Å². The summed E-state index contributed by atoms with van der Waals surface area (Å²) in [6.45, 7) is 4.92. The normalized spacial score (nSPS) is 28.1. The standard InChI is InChI=1S/C16H20N2/c1-11-6-8-18-9-7-13-12-4-2-3-5-14(12)17-16(13)15(18)10-11/h2-5,11,15,17H,6-10H2,1H3/t11-,15-/m0/s1. The summed E-state index contributed by atoms with van der Waals surface area (Å²) in [5.74, 6) is 0.864. The molecule has 0 aliphatic carbocycles. The number of benzene rings is 1. The summed E-state index contributed by atoms with van der Waals surface area (Å²) in [5.41, 5.74) is 4.41. The highest BCUT2D eigenvalue weighted by Gasteiger charge is 2.33. The van der Waals surface area contributed by atoms with E-state index in [1.54, 1.807) is 5.56 Å². The number of fused-ring (bicyclic) bond motifs is 5. The van der Waals surface area contributed by atoms with Crippen molar-refractivity contribution in [2.75, 3.05) is 13.1 Å². The van der Waals surface area contributed by atoms with Crippen molar-refractivity contribution in [2.24, 2.45) is 5.92 Å². The van der Waals surface area contributed by atoms with Crippen molar-refractivity contribution in [3.8, 4) is 0 Å². The molecule has 1 saturated heterocycles. The first-order valence-electron chi connectivity index (χ1n) is 7.16. The first-order chi connectivity index (χ1) is 8.83. The van der Waals surface area contributed by atoms with E-state index in [0.29, 0.717) is 6.04 Å². The number of rotatable bonds is 0. The molecule has 3 heterocycles. The quantitative estimate of drug-likeness (QED) is 0.746. The van der Waals surface area contributed by atoms with Gasteiger partial charge in [-0.05, 0) is 43.4 Å². The van der Waals surface area contributed by atoms with Gasteiger partial charge < -0.3 is 4.98 Å². The highest BCUT2D eigenvalue weighted by atomic mass is 15.2. The third-order valence-corrected chi connectivity index (χ3v) is 4.80. The number of aromatic nitrogens is 1. The number of hydrogen-bond acceptors (Lipinski definition) is 1. The van der Waals surface area contributed by atoms with Gasteiger partial charge in [-0.2, -0.15) is 0 Å². The van der Waals surface area contributed by atoms with Crippen LogP contribution in [0.3, 0.4) is 0 Å². The summed E-state index contributed by atoms with van der Waals surface area (Å²) in [5, 5.41) is 1.45. The zero-order valence-corrected chi connectivity index (χ0v) is 10.9. The van der Waals surface area contributed by atoms with Gasteiger partial charge in [-0.1, -0.05) is 25.1 Å². The second-order valence-corrected chi connectivity index (χ2v) is 5.99. The van der Waals surface area contributed by atoms with Crippen LogP contribution in [-0.2, 0) is 6.42 Å². The maximum Gasteiger partial charge on any atom is 0.0504 e. The number of hydrogen-bond donors (Lipinski definition) is 1. The fraction of sp³-hybridized carbons (Fsp3) is 0.500. The fourth-order valence-electron chi connectivity index (χ4n) is 3.79. The summed E-state index contributed by atoms with van der Waals surface area (Å²) in [4.78, 5) is 6.37. The summed E-state index contributed by atoms with van der Waals surface area (Å²) in [7, 11) is 0. The highest BCUT2D eigenvalue weighted by Crippen LogP contribution is 2.40. The van der Waals surface area contributed by atoms with Crippen LogP contribution >= 0.6 is 0 Å². The molecule has 1 aromatic carbocycles. The van der Waals surface area contributed by atoms with Gasteiger partial charge in [0, 0.05) is 23.1 Å². The van der Waals surface area contributed by atoms with Crippen LogP contribution in [-0.4, -0.2) is 23.0 Å². The second-order valence-electron chi connectivity index (χ2n) is 5.99. The van der Waals surface area contributed by atoms with Gasteiger partial charge >= 0.3 is 0 Å². The number of nitrogens with zero attached hydrogens (tertiary/aromatic N) is 1. The maximum absolute atomic E-state index is 3.69. The first-order valence-corrected chi connectivity index (χ1v) is 7.16. The molecule has 1 N–H and O–H groups in total. The number of H-pyrrole nitrogens is 1. The highest BCUT2D eigenvalue weighted by molar-refractivity contribution is 5.85. The average molecular weight is 240 g/mol. The van der Waals surface area contributed by atoms with E-state index < -0.39 is 0 Å². The summed E-state index contributed by atoms with van der Waals surface area (Å²) < 4.78 is 0. The van der Waals surface area contributed by atoms with Crippen molar-refractivity contribution in [3.63, 3.8) is 0 Å². The van der Waals surface area contributed by atoms with Crippen LogP contribution in [0.25, 0.3) is 10.9 Å². The van der Waals surface area contributed by atoms with E-state index in [1.165, 1.54) is 48.9 Å². The Bertz CT molecular complexity index is 584. The lowest BCUT2D eigenvalue weighted by Gasteiger charge is -2.41. The van der Waals surface area contributed by atoms with Crippen molar-refractivity contribution in [2.45, 2.75) is 32.2 Å². The summed E-state index contributed by atoms with van der Waals surface area (Å²) >= 11 is 0. The van der Waals surface area contributed by atoms with Crippen LogP contribution < -0.4 is 0 Å². The molecule has 2 aromatic rings. The van der Waals surface area contributed by atoms with Gasteiger partial charge in [0.15, 0.2) is 0 Å². The van der Waals surface area contributed by atoms with Gasteiger partial charge in [0.1, 0.15) is 0 Å². The molecule has 2 aliphatic heterocycles. The minimum atomic E-state index is 0.643.